The van der Waals surface area contributed by atoms with Gasteiger partial charge < -0.3 is 19.5 Å². The van der Waals surface area contributed by atoms with Crippen LogP contribution in [0.25, 0.3) is 0 Å². The maximum absolute atomic E-state index is 12.3. The smallest absolute Gasteiger partial charge is 0.317 e. The second kappa shape index (κ2) is 7.88. The van der Waals surface area contributed by atoms with Crippen LogP contribution >= 0.6 is 0 Å². The predicted octanol–water partition coefficient (Wildman–Crippen LogP) is 2.73. The lowest BCUT2D eigenvalue weighted by Gasteiger charge is -2.32. The molecule has 0 unspecified atom stereocenters. The molecule has 1 aromatic heterocycles. The molecule has 0 saturated carbocycles. The number of amides is 3. The molecule has 0 bridgehead atoms. The van der Waals surface area contributed by atoms with Gasteiger partial charge in [0.15, 0.2) is 5.76 Å². The highest BCUT2D eigenvalue weighted by molar-refractivity contribution is 5.91. The third kappa shape index (κ3) is 4.41. The number of carbonyl (C=O) groups excluding carboxylic acids is 2. The third-order valence-corrected chi connectivity index (χ3v) is 4.45. The van der Waals surface area contributed by atoms with Crippen LogP contribution in [0.2, 0.25) is 0 Å². The van der Waals surface area contributed by atoms with Gasteiger partial charge in [-0.25, -0.2) is 4.79 Å². The fraction of sp³-hybridized carbons (Fsp3) is 0.368. The summed E-state index contributed by atoms with van der Waals surface area (Å²) in [6.45, 7) is 1.81. The van der Waals surface area contributed by atoms with Crippen molar-refractivity contribution >= 4 is 11.9 Å². The second-order valence-corrected chi connectivity index (χ2v) is 6.33. The molecule has 25 heavy (non-hydrogen) atoms. The Balaban J connectivity index is 1.45. The molecule has 132 valence electrons. The maximum Gasteiger partial charge on any atom is 0.317 e. The Morgan fingerprint density at radius 2 is 1.88 bits per heavy atom. The van der Waals surface area contributed by atoms with Crippen molar-refractivity contribution in [2.75, 3.05) is 20.1 Å². The number of rotatable bonds is 4. The first kappa shape index (κ1) is 17.1. The van der Waals surface area contributed by atoms with Crippen LogP contribution < -0.4 is 5.32 Å². The van der Waals surface area contributed by atoms with Gasteiger partial charge in [-0.15, -0.1) is 0 Å². The zero-order chi connectivity index (χ0) is 17.6. The highest BCUT2D eigenvalue weighted by Crippen LogP contribution is 2.15. The number of nitrogens with one attached hydrogen (secondary N) is 1. The first-order chi connectivity index (χ1) is 12.1. The zero-order valence-electron chi connectivity index (χ0n) is 14.4. The molecule has 1 aliphatic heterocycles. The Kier molecular flexibility index (Phi) is 5.38. The molecule has 6 heteroatoms. The minimum Gasteiger partial charge on any atom is -0.459 e. The summed E-state index contributed by atoms with van der Waals surface area (Å²) in [5.41, 5.74) is 1.10. The lowest BCUT2D eigenvalue weighted by Crippen LogP contribution is -2.49. The fourth-order valence-electron chi connectivity index (χ4n) is 3.00. The van der Waals surface area contributed by atoms with Gasteiger partial charge in [0.25, 0.3) is 5.91 Å². The normalized spacial score (nSPS) is 15.0. The summed E-state index contributed by atoms with van der Waals surface area (Å²) >= 11 is 0. The van der Waals surface area contributed by atoms with Gasteiger partial charge in [0.05, 0.1) is 6.26 Å². The van der Waals surface area contributed by atoms with Crippen molar-refractivity contribution in [3.63, 3.8) is 0 Å². The average molecular weight is 341 g/mol. The zero-order valence-corrected chi connectivity index (χ0v) is 14.4. The van der Waals surface area contributed by atoms with Crippen molar-refractivity contribution in [1.82, 2.24) is 15.1 Å². The summed E-state index contributed by atoms with van der Waals surface area (Å²) in [6, 6.07) is 13.3. The Labute approximate surface area is 147 Å². The van der Waals surface area contributed by atoms with Crippen molar-refractivity contribution in [2.45, 2.75) is 25.4 Å². The minimum absolute atomic E-state index is 0.0836. The van der Waals surface area contributed by atoms with Crippen LogP contribution in [0, 0.1) is 0 Å². The molecule has 1 aromatic carbocycles. The predicted molar refractivity (Wildman–Crippen MR) is 94.1 cm³/mol. The standard InChI is InChI=1S/C19H23N3O3/c1-21(14-15-6-3-2-4-7-15)19(24)20-16-9-11-22(12-10-16)18(23)17-8-5-13-25-17/h2-8,13,16H,9-12,14H2,1H3,(H,20,24). The minimum atomic E-state index is -0.0871. The van der Waals surface area contributed by atoms with E-state index >= 15 is 0 Å². The molecular formula is C19H23N3O3. The van der Waals surface area contributed by atoms with E-state index in [1.54, 1.807) is 29.0 Å². The van der Waals surface area contributed by atoms with E-state index in [0.29, 0.717) is 25.4 Å². The van der Waals surface area contributed by atoms with E-state index in [4.69, 9.17) is 4.42 Å². The van der Waals surface area contributed by atoms with Crippen LogP contribution in [0.5, 0.6) is 0 Å². The summed E-state index contributed by atoms with van der Waals surface area (Å²) < 4.78 is 5.16. The van der Waals surface area contributed by atoms with Crippen LogP contribution in [0.4, 0.5) is 4.79 Å². The number of carbonyl (C=O) groups is 2. The molecule has 3 amide bonds. The van der Waals surface area contributed by atoms with Gasteiger partial charge in [-0.05, 0) is 30.5 Å². The first-order valence-corrected chi connectivity index (χ1v) is 8.52. The number of hydrogen-bond donors (Lipinski definition) is 1. The Morgan fingerprint density at radius 1 is 1.16 bits per heavy atom. The molecule has 1 aliphatic rings. The van der Waals surface area contributed by atoms with E-state index in [9.17, 15) is 9.59 Å². The molecule has 3 rings (SSSR count). The topological polar surface area (TPSA) is 65.8 Å². The van der Waals surface area contributed by atoms with Gasteiger partial charge in [-0.1, -0.05) is 30.3 Å². The van der Waals surface area contributed by atoms with Gasteiger partial charge in [0, 0.05) is 32.7 Å². The quantitative estimate of drug-likeness (QED) is 0.930. The highest BCUT2D eigenvalue weighted by atomic mass is 16.3. The largest absolute Gasteiger partial charge is 0.459 e. The molecule has 0 spiro atoms. The fourth-order valence-corrected chi connectivity index (χ4v) is 3.00. The van der Waals surface area contributed by atoms with E-state index in [2.05, 4.69) is 5.32 Å². The van der Waals surface area contributed by atoms with Crippen LogP contribution in [0.3, 0.4) is 0 Å². The van der Waals surface area contributed by atoms with E-state index < -0.39 is 0 Å². The van der Waals surface area contributed by atoms with E-state index in [1.807, 2.05) is 30.3 Å². The summed E-state index contributed by atoms with van der Waals surface area (Å²) in [6.07, 6.45) is 3.00. The first-order valence-electron chi connectivity index (χ1n) is 8.52. The second-order valence-electron chi connectivity index (χ2n) is 6.33. The lowest BCUT2D eigenvalue weighted by atomic mass is 10.0. The van der Waals surface area contributed by atoms with Gasteiger partial charge >= 0.3 is 6.03 Å². The molecule has 0 radical (unpaired) electrons. The number of piperidine rings is 1. The van der Waals surface area contributed by atoms with Gasteiger partial charge in [0.2, 0.25) is 0 Å². The Hall–Kier alpha value is -2.76. The monoisotopic (exact) mass is 341 g/mol. The molecule has 0 aliphatic carbocycles. The van der Waals surface area contributed by atoms with Crippen LogP contribution in [0.1, 0.15) is 29.0 Å². The number of hydrogen-bond acceptors (Lipinski definition) is 3. The number of furan rings is 1. The number of nitrogens with zero attached hydrogens (tertiary/aromatic N) is 2. The van der Waals surface area contributed by atoms with Gasteiger partial charge in [-0.2, -0.15) is 0 Å². The molecule has 2 aromatic rings. The molecule has 6 nitrogen and oxygen atoms in total. The molecular weight excluding hydrogens is 318 g/mol. The Morgan fingerprint density at radius 3 is 2.52 bits per heavy atom. The third-order valence-electron chi connectivity index (χ3n) is 4.45. The van der Waals surface area contributed by atoms with Crippen LogP contribution in [0.15, 0.2) is 53.1 Å². The maximum atomic E-state index is 12.3. The van der Waals surface area contributed by atoms with Crippen molar-refractivity contribution in [3.05, 3.63) is 60.1 Å². The van der Waals surface area contributed by atoms with Crippen LogP contribution in [-0.2, 0) is 6.54 Å². The van der Waals surface area contributed by atoms with Crippen molar-refractivity contribution < 1.29 is 14.0 Å². The Bertz CT molecular complexity index is 692. The lowest BCUT2D eigenvalue weighted by molar-refractivity contribution is 0.0674. The summed E-state index contributed by atoms with van der Waals surface area (Å²) in [5.74, 6) is 0.279. The van der Waals surface area contributed by atoms with E-state index in [-0.39, 0.29) is 18.0 Å². The molecule has 1 N–H and O–H groups in total. The molecule has 1 fully saturated rings. The number of benzene rings is 1. The summed E-state index contributed by atoms with van der Waals surface area (Å²) in [4.78, 5) is 28.0. The van der Waals surface area contributed by atoms with Crippen molar-refractivity contribution in [1.29, 1.82) is 0 Å². The SMILES string of the molecule is CN(Cc1ccccc1)C(=O)NC1CCN(C(=O)c2ccco2)CC1. The van der Waals surface area contributed by atoms with Crippen molar-refractivity contribution in [3.8, 4) is 0 Å². The number of urea groups is 1. The van der Waals surface area contributed by atoms with Gasteiger partial charge in [-0.3, -0.25) is 4.79 Å². The molecule has 1 saturated heterocycles. The van der Waals surface area contributed by atoms with Crippen LogP contribution in [-0.4, -0.2) is 47.9 Å². The summed E-state index contributed by atoms with van der Waals surface area (Å²) in [7, 11) is 1.79. The molecule has 2 heterocycles. The number of likely N-dealkylation sites (tertiary alicyclic amines) is 1. The van der Waals surface area contributed by atoms with E-state index in [0.717, 1.165) is 18.4 Å². The average Bonchev–Trinajstić information content (AvgIpc) is 3.17. The summed E-state index contributed by atoms with van der Waals surface area (Å²) in [5, 5.41) is 3.06. The van der Waals surface area contributed by atoms with Gasteiger partial charge in [0.1, 0.15) is 0 Å². The highest BCUT2D eigenvalue weighted by Gasteiger charge is 2.26. The van der Waals surface area contributed by atoms with Crippen molar-refractivity contribution in [2.24, 2.45) is 0 Å². The molecule has 0 atom stereocenters. The van der Waals surface area contributed by atoms with E-state index in [1.165, 1.54) is 6.26 Å².